The summed E-state index contributed by atoms with van der Waals surface area (Å²) in [5, 5.41) is 12.0. The first-order valence-corrected chi connectivity index (χ1v) is 8.53. The van der Waals surface area contributed by atoms with Crippen molar-refractivity contribution in [1.29, 1.82) is 0 Å². The van der Waals surface area contributed by atoms with Crippen molar-refractivity contribution in [3.05, 3.63) is 35.6 Å². The number of hydrogen-bond donors (Lipinski definition) is 2. The van der Waals surface area contributed by atoms with Gasteiger partial charge in [0, 0.05) is 32.7 Å². The van der Waals surface area contributed by atoms with E-state index in [2.05, 4.69) is 5.32 Å². The smallest absolute Gasteiger partial charge is 0.317 e. The summed E-state index contributed by atoms with van der Waals surface area (Å²) in [4.78, 5) is 27.1. The van der Waals surface area contributed by atoms with Crippen molar-refractivity contribution in [1.82, 2.24) is 15.1 Å². The van der Waals surface area contributed by atoms with Crippen LogP contribution in [0.15, 0.2) is 24.3 Å². The van der Waals surface area contributed by atoms with Crippen LogP contribution < -0.4 is 5.32 Å². The maximum atomic E-state index is 12.9. The van der Waals surface area contributed by atoms with Crippen LogP contribution in [0.4, 0.5) is 9.18 Å². The molecule has 0 aromatic heterocycles. The number of likely N-dealkylation sites (tertiary alicyclic amines) is 1. The molecule has 0 aliphatic carbocycles. The molecule has 0 saturated carbocycles. The summed E-state index contributed by atoms with van der Waals surface area (Å²) < 4.78 is 12.9. The molecular formula is C18H26FN3O3. The number of hydrogen-bond acceptors (Lipinski definition) is 3. The molecule has 2 unspecified atom stereocenters. The van der Waals surface area contributed by atoms with E-state index in [0.29, 0.717) is 32.6 Å². The summed E-state index contributed by atoms with van der Waals surface area (Å²) in [5.41, 5.74) is 1.00. The predicted molar refractivity (Wildman–Crippen MR) is 92.6 cm³/mol. The van der Waals surface area contributed by atoms with Crippen LogP contribution in [0.1, 0.15) is 18.9 Å². The van der Waals surface area contributed by atoms with E-state index in [1.54, 1.807) is 17.0 Å². The molecule has 2 atom stereocenters. The highest BCUT2D eigenvalue weighted by atomic mass is 19.1. The minimum atomic E-state index is -0.844. The SMILES string of the molecule is CC1CC(C(=O)O)CN(C(=O)NCCN(C)Cc2ccc(F)cc2)C1. The summed E-state index contributed by atoms with van der Waals surface area (Å²) in [7, 11) is 1.93. The Morgan fingerprint density at radius 1 is 1.32 bits per heavy atom. The number of amides is 2. The lowest BCUT2D eigenvalue weighted by Gasteiger charge is -2.34. The first kappa shape index (κ1) is 19.2. The fraction of sp³-hybridized carbons (Fsp3) is 0.556. The normalized spacial score (nSPS) is 20.6. The van der Waals surface area contributed by atoms with Gasteiger partial charge in [-0.25, -0.2) is 9.18 Å². The number of likely N-dealkylation sites (N-methyl/N-ethyl adjacent to an activating group) is 1. The number of aliphatic carboxylic acids is 1. The zero-order valence-electron chi connectivity index (χ0n) is 14.7. The molecule has 2 amide bonds. The Kier molecular flexibility index (Phi) is 6.75. The number of piperidine rings is 1. The Morgan fingerprint density at radius 2 is 2.00 bits per heavy atom. The quantitative estimate of drug-likeness (QED) is 0.822. The van der Waals surface area contributed by atoms with Crippen LogP contribution in [0.25, 0.3) is 0 Å². The first-order chi connectivity index (χ1) is 11.8. The second-order valence-electron chi connectivity index (χ2n) is 6.88. The van der Waals surface area contributed by atoms with E-state index in [-0.39, 0.29) is 24.3 Å². The third-order valence-corrected chi connectivity index (χ3v) is 4.43. The number of nitrogens with zero attached hydrogens (tertiary/aromatic N) is 2. The van der Waals surface area contributed by atoms with Gasteiger partial charge in [-0.05, 0) is 37.1 Å². The van der Waals surface area contributed by atoms with E-state index in [1.165, 1.54) is 12.1 Å². The topological polar surface area (TPSA) is 72.9 Å². The van der Waals surface area contributed by atoms with Gasteiger partial charge in [-0.1, -0.05) is 19.1 Å². The number of urea groups is 1. The minimum Gasteiger partial charge on any atom is -0.481 e. The van der Waals surface area contributed by atoms with Crippen molar-refractivity contribution in [3.8, 4) is 0 Å². The molecule has 1 aliphatic heterocycles. The highest BCUT2D eigenvalue weighted by molar-refractivity contribution is 5.76. The van der Waals surface area contributed by atoms with Gasteiger partial charge in [0.25, 0.3) is 0 Å². The summed E-state index contributed by atoms with van der Waals surface area (Å²) >= 11 is 0. The standard InChI is InChI=1S/C18H26FN3O3/c1-13-9-15(17(23)24)12-22(10-13)18(25)20-7-8-21(2)11-14-3-5-16(19)6-4-14/h3-6,13,15H,7-12H2,1-2H3,(H,20,25)(H,23,24). The molecule has 1 fully saturated rings. The molecule has 1 aromatic rings. The van der Waals surface area contributed by atoms with Gasteiger partial charge >= 0.3 is 12.0 Å². The van der Waals surface area contributed by atoms with Crippen molar-refractivity contribution < 1.29 is 19.1 Å². The average molecular weight is 351 g/mol. The third-order valence-electron chi connectivity index (χ3n) is 4.43. The molecule has 25 heavy (non-hydrogen) atoms. The number of halogens is 1. The van der Waals surface area contributed by atoms with Crippen molar-refractivity contribution in [3.63, 3.8) is 0 Å². The molecular weight excluding hydrogens is 325 g/mol. The van der Waals surface area contributed by atoms with Gasteiger partial charge in [-0.15, -0.1) is 0 Å². The van der Waals surface area contributed by atoms with Crippen LogP contribution in [0.5, 0.6) is 0 Å². The molecule has 0 radical (unpaired) electrons. The summed E-state index contributed by atoms with van der Waals surface area (Å²) in [6.07, 6.45) is 0.611. The number of carbonyl (C=O) groups is 2. The Hall–Kier alpha value is -2.15. The van der Waals surface area contributed by atoms with E-state index in [4.69, 9.17) is 0 Å². The van der Waals surface area contributed by atoms with E-state index >= 15 is 0 Å². The largest absolute Gasteiger partial charge is 0.481 e. The van der Waals surface area contributed by atoms with Crippen LogP contribution in [-0.4, -0.2) is 60.1 Å². The molecule has 1 saturated heterocycles. The molecule has 2 N–H and O–H groups in total. The zero-order valence-corrected chi connectivity index (χ0v) is 14.7. The first-order valence-electron chi connectivity index (χ1n) is 8.53. The van der Waals surface area contributed by atoms with Gasteiger partial charge in [0.2, 0.25) is 0 Å². The molecule has 0 spiro atoms. The molecule has 1 aromatic carbocycles. The number of carboxylic acids is 1. The average Bonchev–Trinajstić information content (AvgIpc) is 2.56. The number of carbonyl (C=O) groups excluding carboxylic acids is 1. The molecule has 1 heterocycles. The zero-order chi connectivity index (χ0) is 18.4. The van der Waals surface area contributed by atoms with Gasteiger partial charge in [0.15, 0.2) is 0 Å². The number of carboxylic acid groups (broad SMARTS) is 1. The van der Waals surface area contributed by atoms with E-state index in [9.17, 15) is 19.1 Å². The van der Waals surface area contributed by atoms with E-state index < -0.39 is 11.9 Å². The van der Waals surface area contributed by atoms with Crippen LogP contribution in [0.2, 0.25) is 0 Å². The number of benzene rings is 1. The maximum Gasteiger partial charge on any atom is 0.317 e. The Labute approximate surface area is 147 Å². The van der Waals surface area contributed by atoms with Crippen molar-refractivity contribution in [2.24, 2.45) is 11.8 Å². The Morgan fingerprint density at radius 3 is 2.64 bits per heavy atom. The summed E-state index contributed by atoms with van der Waals surface area (Å²) in [6, 6.07) is 6.13. The van der Waals surface area contributed by atoms with Crippen LogP contribution in [-0.2, 0) is 11.3 Å². The highest BCUT2D eigenvalue weighted by Gasteiger charge is 2.31. The fourth-order valence-electron chi connectivity index (χ4n) is 3.14. The second-order valence-corrected chi connectivity index (χ2v) is 6.88. The van der Waals surface area contributed by atoms with Gasteiger partial charge in [-0.3, -0.25) is 4.79 Å². The molecule has 138 valence electrons. The van der Waals surface area contributed by atoms with Crippen molar-refractivity contribution in [2.45, 2.75) is 19.9 Å². The van der Waals surface area contributed by atoms with Gasteiger partial charge in [0.1, 0.15) is 5.82 Å². The summed E-state index contributed by atoms with van der Waals surface area (Å²) in [5.74, 6) is -1.41. The second kappa shape index (κ2) is 8.80. The van der Waals surface area contributed by atoms with Crippen molar-refractivity contribution in [2.75, 3.05) is 33.2 Å². The van der Waals surface area contributed by atoms with E-state index in [0.717, 1.165) is 5.56 Å². The lowest BCUT2D eigenvalue weighted by atomic mass is 9.91. The predicted octanol–water partition coefficient (Wildman–Crippen LogP) is 2.01. The molecule has 1 aliphatic rings. The third kappa shape index (κ3) is 6.01. The van der Waals surface area contributed by atoms with Crippen LogP contribution in [0.3, 0.4) is 0 Å². The monoisotopic (exact) mass is 351 g/mol. The highest BCUT2D eigenvalue weighted by Crippen LogP contribution is 2.21. The lowest BCUT2D eigenvalue weighted by Crippen LogP contribution is -2.50. The molecule has 6 nitrogen and oxygen atoms in total. The van der Waals surface area contributed by atoms with E-state index in [1.807, 2.05) is 18.9 Å². The Balaban J connectivity index is 1.73. The molecule has 7 heteroatoms. The van der Waals surface area contributed by atoms with Crippen LogP contribution >= 0.6 is 0 Å². The van der Waals surface area contributed by atoms with Gasteiger partial charge in [-0.2, -0.15) is 0 Å². The summed E-state index contributed by atoms with van der Waals surface area (Å²) in [6.45, 7) is 4.59. The number of nitrogens with one attached hydrogen (secondary N) is 1. The van der Waals surface area contributed by atoms with Crippen molar-refractivity contribution >= 4 is 12.0 Å². The van der Waals surface area contributed by atoms with Gasteiger partial charge in [0.05, 0.1) is 5.92 Å². The molecule has 0 bridgehead atoms. The number of rotatable bonds is 6. The lowest BCUT2D eigenvalue weighted by molar-refractivity contribution is -0.143. The maximum absolute atomic E-state index is 12.9. The van der Waals surface area contributed by atoms with Crippen LogP contribution in [0, 0.1) is 17.7 Å². The fourth-order valence-corrected chi connectivity index (χ4v) is 3.14. The van der Waals surface area contributed by atoms with Gasteiger partial charge < -0.3 is 20.2 Å². The molecule has 2 rings (SSSR count). The minimum absolute atomic E-state index is 0.182. The Bertz CT molecular complexity index is 594.